The van der Waals surface area contributed by atoms with Crippen LogP contribution in [0.3, 0.4) is 0 Å². The normalized spacial score (nSPS) is 17.0. The third-order valence-corrected chi connectivity index (χ3v) is 29.0. The number of hydrogen-bond acceptors (Lipinski definition) is 24. The summed E-state index contributed by atoms with van der Waals surface area (Å²) in [4.78, 5) is 94.2. The Morgan fingerprint density at radius 3 is 0.568 bits per heavy atom. The molecule has 148 heavy (non-hydrogen) atoms. The van der Waals surface area contributed by atoms with Crippen molar-refractivity contribution in [3.8, 4) is 23.0 Å². The largest absolute Gasteiger partial charge is 0.486 e. The summed E-state index contributed by atoms with van der Waals surface area (Å²) in [6.45, 7) is 21.1. The number of benzene rings is 8. The van der Waals surface area contributed by atoms with Crippen LogP contribution in [0.15, 0.2) is 189 Å². The molecule has 4 heterocycles. The molecule has 8 atom stereocenters. The summed E-state index contributed by atoms with van der Waals surface area (Å²) in [6, 6.07) is 31.4. The van der Waals surface area contributed by atoms with E-state index in [0.29, 0.717) is 22.3 Å². The van der Waals surface area contributed by atoms with Crippen LogP contribution in [0.1, 0.15) is 159 Å². The van der Waals surface area contributed by atoms with Gasteiger partial charge in [0, 0.05) is 25.7 Å². The van der Waals surface area contributed by atoms with Crippen LogP contribution in [-0.4, -0.2) is 178 Å². The number of fused-ring (bicyclic) bond motifs is 4. The Kier molecular flexibility index (Phi) is 37.2. The average Bonchev–Trinajstić information content (AvgIpc) is 0.761. The number of anilines is 4. The number of alkyl halides is 12. The van der Waals surface area contributed by atoms with Crippen molar-refractivity contribution in [2.45, 2.75) is 253 Å². The Morgan fingerprint density at radius 2 is 0.432 bits per heavy atom. The summed E-state index contributed by atoms with van der Waals surface area (Å²) >= 11 is 0. The van der Waals surface area contributed by atoms with Crippen LogP contribution in [0.4, 0.5) is 93.0 Å². The van der Waals surface area contributed by atoms with Gasteiger partial charge in [0.1, 0.15) is 140 Å². The molecule has 0 radical (unpaired) electrons. The zero-order chi connectivity index (χ0) is 111. The first-order chi connectivity index (χ1) is 67.9. The third-order valence-electron chi connectivity index (χ3n) is 21.9. The molecule has 4 aliphatic rings. The standard InChI is InChI=1S/4C25H27F4NO6S/c4*1-15(31)11-19(25(27,28)29)22-14-30(37(33,34)18-8-6-17(26)7-9-18)20-12-16(5-10-21(20)35-22)13-23(32)36-24(2,3)4/h4*5-10,12,19,22H,11,13-14H2,1-4H3/t2*19-,22+;2*19-,22-/m1010/s1. The number of carbonyl (C=O) groups excluding carboxylic acids is 8. The maximum absolute atomic E-state index is 13.9. The Bertz CT molecular complexity index is 5870. The zero-order valence-electron chi connectivity index (χ0n) is 82.5. The Morgan fingerprint density at radius 1 is 0.277 bits per heavy atom. The molecule has 0 unspecified atom stereocenters. The fourth-order valence-electron chi connectivity index (χ4n) is 15.6. The fourth-order valence-corrected chi connectivity index (χ4v) is 21.6. The van der Waals surface area contributed by atoms with Crippen LogP contribution < -0.4 is 36.2 Å². The van der Waals surface area contributed by atoms with Crippen LogP contribution in [0.2, 0.25) is 0 Å². The summed E-state index contributed by atoms with van der Waals surface area (Å²) in [5.41, 5.74) is -2.06. The predicted octanol–water partition coefficient (Wildman–Crippen LogP) is 19.3. The molecule has 8 aromatic rings. The molecule has 0 saturated heterocycles. The van der Waals surface area contributed by atoms with Gasteiger partial charge in [-0.2, -0.15) is 52.7 Å². The predicted molar refractivity (Wildman–Crippen MR) is 505 cm³/mol. The summed E-state index contributed by atoms with van der Waals surface area (Å²) in [7, 11) is -18.0. The minimum Gasteiger partial charge on any atom is -0.486 e. The SMILES string of the molecule is CC(=O)C[C@@H]([C@@H]1CN(S(=O)(=O)c2ccc(F)cc2)c2cc(CC(=O)OC(C)(C)C)ccc2O1)C(F)(F)F.CC(=O)C[C@@H]([C@H]1CN(S(=O)(=O)c2ccc(F)cc2)c2cc(CC(=O)OC(C)(C)C)ccc2O1)C(F)(F)F.CC(=O)C[C@H]([C@@H]1CN(S(=O)(=O)c2ccc(F)cc2)c2cc(CC(=O)OC(C)(C)C)ccc2O1)C(F)(F)F.CC(=O)C[C@H]([C@H]1CN(S(=O)(=O)c2ccc(F)cc2)c2cc(CC(=O)OC(C)(C)C)ccc2O1)C(F)(F)F. The Balaban J connectivity index is 0.000000219. The van der Waals surface area contributed by atoms with E-state index in [0.717, 1.165) is 142 Å². The highest BCUT2D eigenvalue weighted by Crippen LogP contribution is 2.50. The van der Waals surface area contributed by atoms with Gasteiger partial charge in [0.05, 0.1) is 94.2 Å². The molecule has 0 saturated carbocycles. The highest BCUT2D eigenvalue weighted by molar-refractivity contribution is 7.93. The van der Waals surface area contributed by atoms with Crippen molar-refractivity contribution in [3.05, 3.63) is 215 Å². The molecule has 0 aromatic heterocycles. The molecule has 28 nitrogen and oxygen atoms in total. The number of ether oxygens (including phenoxy) is 8. The Labute approximate surface area is 844 Å². The molecular weight excluding hydrogens is 2070 g/mol. The molecule has 0 spiro atoms. The highest BCUT2D eigenvalue weighted by Gasteiger charge is 2.55. The van der Waals surface area contributed by atoms with Gasteiger partial charge in [-0.25, -0.2) is 51.2 Å². The van der Waals surface area contributed by atoms with Gasteiger partial charge in [-0.05, 0) is 279 Å². The summed E-state index contributed by atoms with van der Waals surface area (Å²) < 4.78 is 375. The van der Waals surface area contributed by atoms with Gasteiger partial charge in [0.2, 0.25) is 0 Å². The lowest BCUT2D eigenvalue weighted by Gasteiger charge is -2.39. The van der Waals surface area contributed by atoms with E-state index in [1.165, 1.54) is 72.8 Å². The maximum Gasteiger partial charge on any atom is 0.395 e. The molecular formula is C100H108F16N4O24S4. The minimum atomic E-state index is -4.85. The van der Waals surface area contributed by atoms with Crippen molar-refractivity contribution in [1.82, 2.24) is 0 Å². The molecule has 0 fully saturated rings. The highest BCUT2D eigenvalue weighted by atomic mass is 32.2. The monoisotopic (exact) mass is 2180 g/mol. The maximum atomic E-state index is 13.9. The summed E-state index contributed by atoms with van der Waals surface area (Å²) in [6.07, 6.45) is -30.8. The number of Topliss-reactive ketones (excluding diaryl/α,β-unsaturated/α-hetero) is 4. The van der Waals surface area contributed by atoms with Crippen molar-refractivity contribution in [2.75, 3.05) is 43.4 Å². The number of rotatable bonds is 28. The van der Waals surface area contributed by atoms with E-state index in [1.807, 2.05) is 0 Å². The van der Waals surface area contributed by atoms with Crippen LogP contribution >= 0.6 is 0 Å². The average molecular weight is 2180 g/mol. The molecule has 8 aromatic carbocycles. The van der Waals surface area contributed by atoms with Crippen LogP contribution in [-0.2, 0) is 123 Å². The van der Waals surface area contributed by atoms with Crippen molar-refractivity contribution in [1.29, 1.82) is 0 Å². The van der Waals surface area contributed by atoms with Crippen LogP contribution in [0.25, 0.3) is 0 Å². The number of esters is 4. The third kappa shape index (κ3) is 32.7. The smallest absolute Gasteiger partial charge is 0.395 e. The minimum absolute atomic E-state index is 0.0922. The summed E-state index contributed by atoms with van der Waals surface area (Å²) in [5.74, 6) is -17.9. The van der Waals surface area contributed by atoms with Crippen molar-refractivity contribution in [3.63, 3.8) is 0 Å². The molecule has 48 heteroatoms. The lowest BCUT2D eigenvalue weighted by Crippen LogP contribution is -2.50. The number of ketones is 4. The lowest BCUT2D eigenvalue weighted by atomic mass is 9.94. The van der Waals surface area contributed by atoms with Gasteiger partial charge in [-0.3, -0.25) is 36.4 Å². The van der Waals surface area contributed by atoms with E-state index < -0.39 is 257 Å². The van der Waals surface area contributed by atoms with Crippen molar-refractivity contribution in [2.24, 2.45) is 23.7 Å². The zero-order valence-corrected chi connectivity index (χ0v) is 85.8. The van der Waals surface area contributed by atoms with E-state index in [-0.39, 0.29) is 91.0 Å². The molecule has 0 aliphatic carbocycles. The molecule has 12 rings (SSSR count). The quantitative estimate of drug-likeness (QED) is 0.0250. The molecule has 0 amide bonds. The first-order valence-corrected chi connectivity index (χ1v) is 51.1. The number of hydrogen-bond donors (Lipinski definition) is 0. The Hall–Kier alpha value is -12.6. The van der Waals surface area contributed by atoms with E-state index in [2.05, 4.69) is 0 Å². The summed E-state index contributed by atoms with van der Waals surface area (Å²) in [5, 5.41) is 0. The van der Waals surface area contributed by atoms with Crippen LogP contribution in [0, 0.1) is 46.9 Å². The van der Waals surface area contributed by atoms with Crippen molar-refractivity contribution >= 4 is 110 Å². The van der Waals surface area contributed by atoms with E-state index in [1.54, 1.807) is 83.1 Å². The lowest BCUT2D eigenvalue weighted by molar-refractivity contribution is -0.198. The molecule has 0 bridgehead atoms. The van der Waals surface area contributed by atoms with E-state index >= 15 is 0 Å². The van der Waals surface area contributed by atoms with Gasteiger partial charge >= 0.3 is 48.6 Å². The first kappa shape index (κ1) is 119. The van der Waals surface area contributed by atoms with Gasteiger partial charge in [-0.1, -0.05) is 24.3 Å². The number of halogens is 16. The first-order valence-electron chi connectivity index (χ1n) is 45.3. The van der Waals surface area contributed by atoms with Crippen molar-refractivity contribution < 1.29 is 180 Å². The molecule has 4 aliphatic heterocycles. The van der Waals surface area contributed by atoms with Gasteiger partial charge in [0.25, 0.3) is 40.1 Å². The number of nitrogens with zero attached hydrogens (tertiary/aromatic N) is 4. The second-order valence-electron chi connectivity index (χ2n) is 39.1. The van der Waals surface area contributed by atoms with Gasteiger partial charge in [0.15, 0.2) is 0 Å². The molecule has 0 N–H and O–H groups in total. The second-order valence-corrected chi connectivity index (χ2v) is 46.5. The molecule has 808 valence electrons. The topological polar surface area (TPSA) is 360 Å². The number of carbonyl (C=O) groups is 8. The van der Waals surface area contributed by atoms with Gasteiger partial charge < -0.3 is 57.1 Å². The second kappa shape index (κ2) is 46.3. The van der Waals surface area contributed by atoms with E-state index in [9.17, 15) is 142 Å². The van der Waals surface area contributed by atoms with E-state index in [4.69, 9.17) is 37.9 Å². The van der Waals surface area contributed by atoms with Gasteiger partial charge in [-0.15, -0.1) is 0 Å². The number of sulfonamides is 4. The fraction of sp³-hybridized carbons (Fsp3) is 0.440. The van der Waals surface area contributed by atoms with Crippen LogP contribution in [0.5, 0.6) is 23.0 Å².